The van der Waals surface area contributed by atoms with E-state index in [1.54, 1.807) is 11.3 Å². The summed E-state index contributed by atoms with van der Waals surface area (Å²) < 4.78 is 30.3. The van der Waals surface area contributed by atoms with Crippen LogP contribution in [0.5, 0.6) is 0 Å². The van der Waals surface area contributed by atoms with Gasteiger partial charge in [0.15, 0.2) is 0 Å². The fourth-order valence-electron chi connectivity index (χ4n) is 3.02. The summed E-state index contributed by atoms with van der Waals surface area (Å²) in [7, 11) is -3.27. The van der Waals surface area contributed by atoms with Crippen molar-refractivity contribution in [2.75, 3.05) is 32.6 Å². The topological polar surface area (TPSA) is 75.7 Å². The molecule has 2 saturated heterocycles. The van der Waals surface area contributed by atoms with Crippen LogP contribution in [0, 0.1) is 11.3 Å². The number of hydrogen-bond acceptors (Lipinski definition) is 5. The Labute approximate surface area is 128 Å². The number of thiophene rings is 1. The number of carbonyl (C=O) groups excluding carboxylic acids is 1. The zero-order valence-corrected chi connectivity index (χ0v) is 13.4. The van der Waals surface area contributed by atoms with Gasteiger partial charge in [-0.1, -0.05) is 6.07 Å². The second-order valence-corrected chi connectivity index (χ2v) is 8.70. The van der Waals surface area contributed by atoms with E-state index in [1.165, 1.54) is 10.6 Å². The smallest absolute Gasteiger partial charge is 0.230 e. The Morgan fingerprint density at radius 1 is 1.62 bits per heavy atom. The van der Waals surface area contributed by atoms with Crippen molar-refractivity contribution < 1.29 is 17.9 Å². The van der Waals surface area contributed by atoms with Crippen molar-refractivity contribution in [3.63, 3.8) is 0 Å². The minimum atomic E-state index is -3.27. The molecular formula is C13H18N2O4S2. The maximum absolute atomic E-state index is 12.6. The molecule has 0 saturated carbocycles. The standard InChI is InChI=1S/C13H18N2O4S2/c1-21(17,18)15-6-10-7-19-9-13(10,8-15)12(16)14-5-11-3-2-4-20-11/h2-4,10H,5-9H2,1H3,(H,14,16)/t10-,13-/m1/s1. The van der Waals surface area contributed by atoms with Gasteiger partial charge in [0.05, 0.1) is 31.4 Å². The molecule has 2 aliphatic rings. The molecule has 21 heavy (non-hydrogen) atoms. The Morgan fingerprint density at radius 2 is 2.43 bits per heavy atom. The van der Waals surface area contributed by atoms with Crippen molar-refractivity contribution in [2.45, 2.75) is 6.54 Å². The summed E-state index contributed by atoms with van der Waals surface area (Å²) in [4.78, 5) is 13.7. The van der Waals surface area contributed by atoms with Crippen molar-refractivity contribution >= 4 is 27.3 Å². The summed E-state index contributed by atoms with van der Waals surface area (Å²) in [6.45, 7) is 1.79. The third kappa shape index (κ3) is 2.73. The summed E-state index contributed by atoms with van der Waals surface area (Å²) in [5.74, 6) is -0.167. The number of hydrogen-bond donors (Lipinski definition) is 1. The number of sulfonamides is 1. The minimum Gasteiger partial charge on any atom is -0.380 e. The molecule has 2 fully saturated rings. The highest BCUT2D eigenvalue weighted by Crippen LogP contribution is 2.42. The van der Waals surface area contributed by atoms with Crippen LogP contribution in [-0.2, 0) is 26.1 Å². The first kappa shape index (κ1) is 15.0. The molecule has 3 heterocycles. The molecule has 8 heteroatoms. The van der Waals surface area contributed by atoms with Crippen LogP contribution in [0.15, 0.2) is 17.5 Å². The van der Waals surface area contributed by atoms with E-state index in [4.69, 9.17) is 4.74 Å². The molecule has 0 radical (unpaired) electrons. The molecule has 0 aromatic carbocycles. The van der Waals surface area contributed by atoms with Gasteiger partial charge in [-0.2, -0.15) is 0 Å². The van der Waals surface area contributed by atoms with Crippen LogP contribution in [0.2, 0.25) is 0 Å². The molecule has 0 bridgehead atoms. The minimum absolute atomic E-state index is 0.0597. The van der Waals surface area contributed by atoms with Gasteiger partial charge >= 0.3 is 0 Å². The highest BCUT2D eigenvalue weighted by molar-refractivity contribution is 7.88. The first-order chi connectivity index (χ1) is 9.92. The number of nitrogens with one attached hydrogen (secondary N) is 1. The maximum atomic E-state index is 12.6. The van der Waals surface area contributed by atoms with Crippen molar-refractivity contribution in [1.82, 2.24) is 9.62 Å². The molecule has 1 aromatic heterocycles. The van der Waals surface area contributed by atoms with Crippen LogP contribution in [0.3, 0.4) is 0 Å². The van der Waals surface area contributed by atoms with Gasteiger partial charge in [-0.3, -0.25) is 4.79 Å². The highest BCUT2D eigenvalue weighted by Gasteiger charge is 2.57. The predicted molar refractivity (Wildman–Crippen MR) is 79.3 cm³/mol. The second-order valence-electron chi connectivity index (χ2n) is 5.69. The largest absolute Gasteiger partial charge is 0.380 e. The lowest BCUT2D eigenvalue weighted by Crippen LogP contribution is -2.46. The van der Waals surface area contributed by atoms with Crippen molar-refractivity contribution in [3.8, 4) is 0 Å². The first-order valence-electron chi connectivity index (χ1n) is 6.75. The van der Waals surface area contributed by atoms with Crippen molar-refractivity contribution in [1.29, 1.82) is 0 Å². The van der Waals surface area contributed by atoms with E-state index in [1.807, 2.05) is 17.5 Å². The lowest BCUT2D eigenvalue weighted by Gasteiger charge is -2.25. The monoisotopic (exact) mass is 330 g/mol. The molecule has 0 spiro atoms. The molecule has 2 aliphatic heterocycles. The molecule has 1 aromatic rings. The molecule has 1 N–H and O–H groups in total. The lowest BCUT2D eigenvalue weighted by atomic mass is 9.80. The molecular weight excluding hydrogens is 312 g/mol. The van der Waals surface area contributed by atoms with E-state index >= 15 is 0 Å². The molecule has 2 atom stereocenters. The summed E-state index contributed by atoms with van der Waals surface area (Å²) in [5.41, 5.74) is -0.736. The predicted octanol–water partition coefficient (Wildman–Crippen LogP) is 0.272. The van der Waals surface area contributed by atoms with Gasteiger partial charge < -0.3 is 10.1 Å². The summed E-state index contributed by atoms with van der Waals surface area (Å²) in [6, 6.07) is 3.90. The second kappa shape index (κ2) is 5.35. The third-order valence-corrected chi connectivity index (χ3v) is 6.36. The van der Waals surface area contributed by atoms with Gasteiger partial charge in [-0.15, -0.1) is 11.3 Å². The zero-order chi connectivity index (χ0) is 15.1. The Balaban J connectivity index is 1.73. The molecule has 0 unspecified atom stereocenters. The Morgan fingerprint density at radius 3 is 3.10 bits per heavy atom. The van der Waals surface area contributed by atoms with Crippen LogP contribution in [-0.4, -0.2) is 51.2 Å². The highest BCUT2D eigenvalue weighted by atomic mass is 32.2. The van der Waals surface area contributed by atoms with Gasteiger partial charge in [0.1, 0.15) is 0 Å². The van der Waals surface area contributed by atoms with Crippen LogP contribution >= 0.6 is 11.3 Å². The quantitative estimate of drug-likeness (QED) is 0.860. The van der Waals surface area contributed by atoms with Gasteiger partial charge in [0.25, 0.3) is 0 Å². The van der Waals surface area contributed by atoms with E-state index in [0.717, 1.165) is 4.88 Å². The number of fused-ring (bicyclic) bond motifs is 1. The first-order valence-corrected chi connectivity index (χ1v) is 9.48. The van der Waals surface area contributed by atoms with Crippen LogP contribution in [0.1, 0.15) is 4.88 Å². The van der Waals surface area contributed by atoms with Crippen LogP contribution < -0.4 is 5.32 Å². The Kier molecular flexibility index (Phi) is 3.81. The van der Waals surface area contributed by atoms with Gasteiger partial charge in [0, 0.05) is 23.9 Å². The molecule has 0 aliphatic carbocycles. The summed E-state index contributed by atoms with van der Waals surface area (Å²) >= 11 is 1.58. The lowest BCUT2D eigenvalue weighted by molar-refractivity contribution is -0.131. The van der Waals surface area contributed by atoms with E-state index in [0.29, 0.717) is 26.3 Å². The Hall–Kier alpha value is -0.960. The van der Waals surface area contributed by atoms with Crippen molar-refractivity contribution in [3.05, 3.63) is 22.4 Å². The summed E-state index contributed by atoms with van der Waals surface area (Å²) in [5, 5.41) is 4.89. The van der Waals surface area contributed by atoms with Gasteiger partial charge in [-0.25, -0.2) is 12.7 Å². The third-order valence-electron chi connectivity index (χ3n) is 4.27. The normalized spacial score (nSPS) is 29.5. The zero-order valence-electron chi connectivity index (χ0n) is 11.7. The fourth-order valence-corrected chi connectivity index (χ4v) is 4.58. The number of ether oxygens (including phenoxy) is 1. The Bertz CT molecular complexity index is 629. The SMILES string of the molecule is CS(=O)(=O)N1C[C@@H]2COC[C@]2(C(=O)NCc2cccs2)C1. The van der Waals surface area contributed by atoms with Gasteiger partial charge in [-0.05, 0) is 11.4 Å². The average molecular weight is 330 g/mol. The number of amides is 1. The van der Waals surface area contributed by atoms with Crippen LogP contribution in [0.4, 0.5) is 0 Å². The molecule has 3 rings (SSSR count). The van der Waals surface area contributed by atoms with E-state index in [-0.39, 0.29) is 18.4 Å². The number of nitrogens with zero attached hydrogens (tertiary/aromatic N) is 1. The van der Waals surface area contributed by atoms with E-state index < -0.39 is 15.4 Å². The van der Waals surface area contributed by atoms with Crippen molar-refractivity contribution in [2.24, 2.45) is 11.3 Å². The van der Waals surface area contributed by atoms with E-state index in [9.17, 15) is 13.2 Å². The number of rotatable bonds is 4. The van der Waals surface area contributed by atoms with Gasteiger partial charge in [0.2, 0.25) is 15.9 Å². The number of carbonyl (C=O) groups is 1. The average Bonchev–Trinajstić information content (AvgIpc) is 3.09. The van der Waals surface area contributed by atoms with Crippen LogP contribution in [0.25, 0.3) is 0 Å². The molecule has 116 valence electrons. The molecule has 6 nitrogen and oxygen atoms in total. The fraction of sp³-hybridized carbons (Fsp3) is 0.615. The molecule has 1 amide bonds. The van der Waals surface area contributed by atoms with E-state index in [2.05, 4.69) is 5.32 Å². The summed E-state index contributed by atoms with van der Waals surface area (Å²) in [6.07, 6.45) is 1.19. The maximum Gasteiger partial charge on any atom is 0.230 e.